The maximum atomic E-state index is 13.7. The molecule has 0 aliphatic rings. The van der Waals surface area contributed by atoms with Gasteiger partial charge in [0.15, 0.2) is 0 Å². The zero-order valence-corrected chi connectivity index (χ0v) is 19.1. The van der Waals surface area contributed by atoms with E-state index in [4.69, 9.17) is 11.6 Å². The molecule has 0 saturated carbocycles. The van der Waals surface area contributed by atoms with Crippen LogP contribution >= 0.6 is 11.6 Å². The smallest absolute Gasteiger partial charge is 0.266 e. The zero-order chi connectivity index (χ0) is 22.4. The molecule has 5 nitrogen and oxygen atoms in total. The number of hydrogen-bond acceptors (Lipinski definition) is 3. The molecule has 3 rings (SSSR count). The Morgan fingerprint density at radius 2 is 1.55 bits per heavy atom. The van der Waals surface area contributed by atoms with Crippen LogP contribution in [0.4, 0.5) is 5.69 Å². The minimum Gasteiger partial charge on any atom is -0.342 e. The third kappa shape index (κ3) is 5.27. The SMILES string of the molecule is CCCN(C)C(=O)c1ccc(Cl)c(S(=O)(=O)N(Cc2ccccc2)c2ccccc2)c1. The highest BCUT2D eigenvalue weighted by atomic mass is 35.5. The van der Waals surface area contributed by atoms with Crippen molar-refractivity contribution < 1.29 is 13.2 Å². The fourth-order valence-electron chi connectivity index (χ4n) is 3.27. The molecular weight excluding hydrogens is 432 g/mol. The molecule has 0 atom stereocenters. The lowest BCUT2D eigenvalue weighted by atomic mass is 10.2. The van der Waals surface area contributed by atoms with Gasteiger partial charge < -0.3 is 4.90 Å². The Morgan fingerprint density at radius 3 is 2.16 bits per heavy atom. The Labute approximate surface area is 188 Å². The van der Waals surface area contributed by atoms with Gasteiger partial charge in [-0.15, -0.1) is 0 Å². The fraction of sp³-hybridized carbons (Fsp3) is 0.208. The summed E-state index contributed by atoms with van der Waals surface area (Å²) < 4.78 is 28.8. The van der Waals surface area contributed by atoms with E-state index in [1.165, 1.54) is 16.4 Å². The van der Waals surface area contributed by atoms with E-state index in [1.807, 2.05) is 43.3 Å². The van der Waals surface area contributed by atoms with Crippen molar-refractivity contribution in [3.63, 3.8) is 0 Å². The molecule has 0 aromatic heterocycles. The normalized spacial score (nSPS) is 11.2. The standard InChI is InChI=1S/C24H25ClN2O3S/c1-3-16-26(2)24(28)20-14-15-22(25)23(17-20)31(29,30)27(21-12-8-5-9-13-21)18-19-10-6-4-7-11-19/h4-15,17H,3,16,18H2,1-2H3. The first-order valence-corrected chi connectivity index (χ1v) is 11.8. The summed E-state index contributed by atoms with van der Waals surface area (Å²) in [6.07, 6.45) is 0.805. The molecule has 3 aromatic rings. The van der Waals surface area contributed by atoms with Gasteiger partial charge in [0.25, 0.3) is 15.9 Å². The topological polar surface area (TPSA) is 57.7 Å². The summed E-state index contributed by atoms with van der Waals surface area (Å²) in [5, 5.41) is 0.0729. The van der Waals surface area contributed by atoms with Crippen molar-refractivity contribution in [2.45, 2.75) is 24.8 Å². The monoisotopic (exact) mass is 456 g/mol. The molecule has 0 spiro atoms. The summed E-state index contributed by atoms with van der Waals surface area (Å²) in [6.45, 7) is 2.69. The van der Waals surface area contributed by atoms with Gasteiger partial charge >= 0.3 is 0 Å². The second-order valence-corrected chi connectivity index (χ2v) is 9.44. The van der Waals surface area contributed by atoms with Crippen molar-refractivity contribution in [1.29, 1.82) is 0 Å². The Bertz CT molecular complexity index is 1140. The van der Waals surface area contributed by atoms with Gasteiger partial charge in [-0.1, -0.05) is 67.1 Å². The summed E-state index contributed by atoms with van der Waals surface area (Å²) >= 11 is 6.33. The first kappa shape index (κ1) is 22.8. The highest BCUT2D eigenvalue weighted by Crippen LogP contribution is 2.31. The van der Waals surface area contributed by atoms with Crippen LogP contribution in [0, 0.1) is 0 Å². The highest BCUT2D eigenvalue weighted by Gasteiger charge is 2.29. The van der Waals surface area contributed by atoms with Crippen molar-refractivity contribution in [2.24, 2.45) is 0 Å². The Hall–Kier alpha value is -2.83. The maximum absolute atomic E-state index is 13.7. The van der Waals surface area contributed by atoms with Gasteiger partial charge in [-0.05, 0) is 42.3 Å². The molecule has 162 valence electrons. The van der Waals surface area contributed by atoms with Gasteiger partial charge in [0.2, 0.25) is 0 Å². The average molecular weight is 457 g/mol. The van der Waals surface area contributed by atoms with E-state index in [1.54, 1.807) is 42.3 Å². The van der Waals surface area contributed by atoms with Gasteiger partial charge in [-0.3, -0.25) is 9.10 Å². The molecule has 0 N–H and O–H groups in total. The average Bonchev–Trinajstić information content (AvgIpc) is 2.78. The largest absolute Gasteiger partial charge is 0.342 e. The number of anilines is 1. The van der Waals surface area contributed by atoms with Gasteiger partial charge in [-0.2, -0.15) is 0 Å². The first-order chi connectivity index (χ1) is 14.8. The van der Waals surface area contributed by atoms with Crippen LogP contribution in [0.1, 0.15) is 29.3 Å². The number of sulfonamides is 1. The van der Waals surface area contributed by atoms with Crippen LogP contribution in [0.5, 0.6) is 0 Å². The number of rotatable bonds is 8. The number of para-hydroxylation sites is 1. The number of carbonyl (C=O) groups is 1. The molecule has 0 fully saturated rings. The third-order valence-corrected chi connectivity index (χ3v) is 7.12. The Balaban J connectivity index is 2.07. The van der Waals surface area contributed by atoms with Crippen molar-refractivity contribution in [3.05, 3.63) is 95.0 Å². The Kier molecular flexibility index (Phi) is 7.36. The van der Waals surface area contributed by atoms with Crippen molar-refractivity contribution >= 4 is 33.2 Å². The summed E-state index contributed by atoms with van der Waals surface area (Å²) in [5.41, 5.74) is 1.63. The molecule has 0 radical (unpaired) electrons. The lowest BCUT2D eigenvalue weighted by Crippen LogP contribution is -2.31. The fourth-order valence-corrected chi connectivity index (χ4v) is 5.22. The van der Waals surface area contributed by atoms with Crippen LogP contribution in [0.25, 0.3) is 0 Å². The summed E-state index contributed by atoms with van der Waals surface area (Å²) in [5.74, 6) is -0.246. The van der Waals surface area contributed by atoms with E-state index in [-0.39, 0.29) is 27.9 Å². The molecule has 0 bridgehead atoms. The quantitative estimate of drug-likeness (QED) is 0.467. The highest BCUT2D eigenvalue weighted by molar-refractivity contribution is 7.93. The van der Waals surface area contributed by atoms with E-state index in [2.05, 4.69) is 0 Å². The number of carbonyl (C=O) groups excluding carboxylic acids is 1. The lowest BCUT2D eigenvalue weighted by Gasteiger charge is -2.25. The first-order valence-electron chi connectivity index (χ1n) is 10.0. The minimum atomic E-state index is -4.05. The van der Waals surface area contributed by atoms with Crippen molar-refractivity contribution in [3.8, 4) is 0 Å². The zero-order valence-electron chi connectivity index (χ0n) is 17.5. The Morgan fingerprint density at radius 1 is 0.935 bits per heavy atom. The van der Waals surface area contributed by atoms with Crippen LogP contribution in [0.15, 0.2) is 83.8 Å². The van der Waals surface area contributed by atoms with Crippen LogP contribution in [0.3, 0.4) is 0 Å². The van der Waals surface area contributed by atoms with E-state index < -0.39 is 10.0 Å². The molecule has 0 unspecified atom stereocenters. The number of nitrogens with zero attached hydrogens (tertiary/aromatic N) is 2. The predicted octanol–water partition coefficient (Wildman–Crippen LogP) is 5.22. The van der Waals surface area contributed by atoms with E-state index in [0.29, 0.717) is 12.2 Å². The third-order valence-electron chi connectivity index (χ3n) is 4.87. The van der Waals surface area contributed by atoms with E-state index >= 15 is 0 Å². The van der Waals surface area contributed by atoms with Crippen molar-refractivity contribution in [2.75, 3.05) is 17.9 Å². The summed E-state index contributed by atoms with van der Waals surface area (Å²) in [7, 11) is -2.35. The number of hydrogen-bond donors (Lipinski definition) is 0. The second-order valence-electron chi connectivity index (χ2n) is 7.20. The molecule has 0 heterocycles. The summed E-state index contributed by atoms with van der Waals surface area (Å²) in [6, 6.07) is 22.6. The molecule has 3 aromatic carbocycles. The number of halogens is 1. The molecular formula is C24H25ClN2O3S. The number of benzene rings is 3. The van der Waals surface area contributed by atoms with Crippen LogP contribution in [0.2, 0.25) is 5.02 Å². The van der Waals surface area contributed by atoms with E-state index in [9.17, 15) is 13.2 Å². The summed E-state index contributed by atoms with van der Waals surface area (Å²) in [4.78, 5) is 14.2. The molecule has 0 saturated heterocycles. The minimum absolute atomic E-state index is 0.0729. The van der Waals surface area contributed by atoms with Crippen LogP contribution < -0.4 is 4.31 Å². The molecule has 7 heteroatoms. The van der Waals surface area contributed by atoms with Gasteiger partial charge in [-0.25, -0.2) is 8.42 Å². The molecule has 1 amide bonds. The van der Waals surface area contributed by atoms with Gasteiger partial charge in [0, 0.05) is 19.2 Å². The van der Waals surface area contributed by atoms with Crippen molar-refractivity contribution in [1.82, 2.24) is 4.90 Å². The van der Waals surface area contributed by atoms with Gasteiger partial charge in [0.1, 0.15) is 4.90 Å². The number of amides is 1. The molecule has 0 aliphatic heterocycles. The maximum Gasteiger partial charge on any atom is 0.266 e. The molecule has 0 aliphatic carbocycles. The lowest BCUT2D eigenvalue weighted by molar-refractivity contribution is 0.0795. The predicted molar refractivity (Wildman–Crippen MR) is 125 cm³/mol. The van der Waals surface area contributed by atoms with Crippen LogP contribution in [-0.2, 0) is 16.6 Å². The molecule has 31 heavy (non-hydrogen) atoms. The van der Waals surface area contributed by atoms with Crippen LogP contribution in [-0.4, -0.2) is 32.8 Å². The second kappa shape index (κ2) is 9.98. The van der Waals surface area contributed by atoms with E-state index in [0.717, 1.165) is 12.0 Å². The van der Waals surface area contributed by atoms with Gasteiger partial charge in [0.05, 0.1) is 17.3 Å².